The zero-order chi connectivity index (χ0) is 21.7. The summed E-state index contributed by atoms with van der Waals surface area (Å²) < 4.78 is 27.4. The highest BCUT2D eigenvalue weighted by Crippen LogP contribution is 2.19. The van der Waals surface area contributed by atoms with Crippen molar-refractivity contribution in [1.29, 1.82) is 5.26 Å². The van der Waals surface area contributed by atoms with Crippen LogP contribution in [0.3, 0.4) is 0 Å². The molecule has 1 heterocycles. The molecule has 0 unspecified atom stereocenters. The van der Waals surface area contributed by atoms with E-state index < -0.39 is 10.0 Å². The minimum atomic E-state index is -3.72. The largest absolute Gasteiger partial charge is 0.339 e. The van der Waals surface area contributed by atoms with Crippen LogP contribution in [0, 0.1) is 17.2 Å². The molecule has 1 fully saturated rings. The van der Waals surface area contributed by atoms with Crippen LogP contribution in [-0.4, -0.2) is 38.1 Å². The van der Waals surface area contributed by atoms with Crippen LogP contribution in [0.2, 0.25) is 0 Å². The fourth-order valence-corrected chi connectivity index (χ4v) is 4.31. The monoisotopic (exact) mass is 425 g/mol. The SMILES string of the molecule is CC(=O)c1ccc(S(=O)(=O)NCc2ccc(C(=O)N3CCC(C#N)CC3)cc2)cc1. The highest BCUT2D eigenvalue weighted by molar-refractivity contribution is 7.89. The van der Waals surface area contributed by atoms with E-state index in [-0.39, 0.29) is 29.0 Å². The quantitative estimate of drug-likeness (QED) is 0.716. The molecule has 0 spiro atoms. The van der Waals surface area contributed by atoms with E-state index in [2.05, 4.69) is 10.8 Å². The van der Waals surface area contributed by atoms with Gasteiger partial charge in [-0.25, -0.2) is 13.1 Å². The zero-order valence-electron chi connectivity index (χ0n) is 16.7. The molecule has 2 aromatic rings. The Balaban J connectivity index is 1.59. The van der Waals surface area contributed by atoms with E-state index in [4.69, 9.17) is 5.26 Å². The summed E-state index contributed by atoms with van der Waals surface area (Å²) in [6.07, 6.45) is 1.38. The first-order valence-corrected chi connectivity index (χ1v) is 11.2. The summed E-state index contributed by atoms with van der Waals surface area (Å²) in [6, 6.07) is 14.8. The molecule has 1 saturated heterocycles. The molecule has 156 valence electrons. The zero-order valence-corrected chi connectivity index (χ0v) is 17.5. The fraction of sp³-hybridized carbons (Fsp3) is 0.318. The Morgan fingerprint density at radius 3 is 2.13 bits per heavy atom. The highest BCUT2D eigenvalue weighted by atomic mass is 32.2. The van der Waals surface area contributed by atoms with E-state index in [1.165, 1.54) is 31.2 Å². The lowest BCUT2D eigenvalue weighted by molar-refractivity contribution is 0.0707. The van der Waals surface area contributed by atoms with Gasteiger partial charge >= 0.3 is 0 Å². The van der Waals surface area contributed by atoms with Gasteiger partial charge in [-0.3, -0.25) is 9.59 Å². The van der Waals surface area contributed by atoms with Crippen LogP contribution in [0.15, 0.2) is 53.4 Å². The van der Waals surface area contributed by atoms with Crippen LogP contribution >= 0.6 is 0 Å². The molecule has 1 amide bonds. The highest BCUT2D eigenvalue weighted by Gasteiger charge is 2.23. The molecule has 0 aromatic heterocycles. The van der Waals surface area contributed by atoms with Crippen LogP contribution < -0.4 is 4.72 Å². The maximum atomic E-state index is 12.6. The number of nitriles is 1. The fourth-order valence-electron chi connectivity index (χ4n) is 3.29. The van der Waals surface area contributed by atoms with Gasteiger partial charge in [-0.2, -0.15) is 5.26 Å². The maximum absolute atomic E-state index is 12.6. The van der Waals surface area contributed by atoms with Gasteiger partial charge in [0.25, 0.3) is 5.91 Å². The Labute approximate surface area is 176 Å². The average molecular weight is 426 g/mol. The summed E-state index contributed by atoms with van der Waals surface area (Å²) in [6.45, 7) is 2.64. The number of likely N-dealkylation sites (tertiary alicyclic amines) is 1. The Bertz CT molecular complexity index is 1060. The van der Waals surface area contributed by atoms with E-state index in [1.54, 1.807) is 29.2 Å². The van der Waals surface area contributed by atoms with Gasteiger partial charge in [-0.15, -0.1) is 0 Å². The van der Waals surface area contributed by atoms with E-state index >= 15 is 0 Å². The number of sulfonamides is 1. The number of Topliss-reactive ketones (excluding diaryl/α,β-unsaturated/α-hetero) is 1. The molecule has 7 nitrogen and oxygen atoms in total. The molecule has 0 aliphatic carbocycles. The van der Waals surface area contributed by atoms with Crippen LogP contribution in [0.1, 0.15) is 46.0 Å². The van der Waals surface area contributed by atoms with Crippen LogP contribution in [0.5, 0.6) is 0 Å². The van der Waals surface area contributed by atoms with E-state index in [9.17, 15) is 18.0 Å². The lowest BCUT2D eigenvalue weighted by Crippen LogP contribution is -2.38. The number of hydrogen-bond acceptors (Lipinski definition) is 5. The van der Waals surface area contributed by atoms with Crippen molar-refractivity contribution >= 4 is 21.7 Å². The third-order valence-electron chi connectivity index (χ3n) is 5.20. The lowest BCUT2D eigenvalue weighted by atomic mass is 9.98. The molecule has 30 heavy (non-hydrogen) atoms. The second-order valence-corrected chi connectivity index (χ2v) is 9.06. The minimum Gasteiger partial charge on any atom is -0.339 e. The molecule has 0 atom stereocenters. The number of carbonyl (C=O) groups is 2. The first-order valence-electron chi connectivity index (χ1n) is 9.68. The van der Waals surface area contributed by atoms with Crippen LogP contribution in [-0.2, 0) is 16.6 Å². The van der Waals surface area contributed by atoms with Gasteiger partial charge < -0.3 is 4.90 Å². The topological polar surface area (TPSA) is 107 Å². The van der Waals surface area contributed by atoms with Gasteiger partial charge in [0.15, 0.2) is 5.78 Å². The first-order chi connectivity index (χ1) is 14.3. The van der Waals surface area contributed by atoms with Crippen molar-refractivity contribution in [2.75, 3.05) is 13.1 Å². The number of rotatable bonds is 6. The number of hydrogen-bond donors (Lipinski definition) is 1. The number of amides is 1. The molecule has 1 aliphatic rings. The summed E-state index contributed by atoms with van der Waals surface area (Å²) in [4.78, 5) is 25.7. The molecule has 1 N–H and O–H groups in total. The van der Waals surface area contributed by atoms with Crippen molar-refractivity contribution in [3.05, 3.63) is 65.2 Å². The molecular formula is C22H23N3O4S. The predicted molar refractivity (Wildman–Crippen MR) is 111 cm³/mol. The Morgan fingerprint density at radius 2 is 1.60 bits per heavy atom. The molecular weight excluding hydrogens is 402 g/mol. The average Bonchev–Trinajstić information content (AvgIpc) is 2.78. The van der Waals surface area contributed by atoms with Gasteiger partial charge in [-0.05, 0) is 49.6 Å². The number of nitrogens with one attached hydrogen (secondary N) is 1. The van der Waals surface area contributed by atoms with E-state index in [0.29, 0.717) is 37.1 Å². The lowest BCUT2D eigenvalue weighted by Gasteiger charge is -2.29. The second-order valence-electron chi connectivity index (χ2n) is 7.30. The normalized spacial score (nSPS) is 14.9. The summed E-state index contributed by atoms with van der Waals surface area (Å²) in [7, 11) is -3.72. The van der Waals surface area contributed by atoms with Crippen molar-refractivity contribution in [1.82, 2.24) is 9.62 Å². The maximum Gasteiger partial charge on any atom is 0.253 e. The third kappa shape index (κ3) is 5.12. The number of ketones is 1. The Hall–Kier alpha value is -3.02. The van der Waals surface area contributed by atoms with Gasteiger partial charge in [-0.1, -0.05) is 24.3 Å². The molecule has 8 heteroatoms. The predicted octanol–water partition coefficient (Wildman–Crippen LogP) is 2.74. The van der Waals surface area contributed by atoms with Crippen LogP contribution in [0.4, 0.5) is 0 Å². The van der Waals surface area contributed by atoms with Gasteiger partial charge in [0, 0.05) is 36.7 Å². The molecule has 0 bridgehead atoms. The molecule has 3 rings (SSSR count). The van der Waals surface area contributed by atoms with E-state index in [0.717, 1.165) is 5.56 Å². The van der Waals surface area contributed by atoms with Crippen molar-refractivity contribution in [3.63, 3.8) is 0 Å². The Morgan fingerprint density at radius 1 is 1.03 bits per heavy atom. The number of nitrogens with zero attached hydrogens (tertiary/aromatic N) is 2. The number of carbonyl (C=O) groups excluding carboxylic acids is 2. The number of piperidine rings is 1. The summed E-state index contributed by atoms with van der Waals surface area (Å²) in [5.41, 5.74) is 1.71. The molecule has 2 aromatic carbocycles. The standard InChI is InChI=1S/C22H23N3O4S/c1-16(26)19-6-8-21(9-7-19)30(28,29)24-15-18-2-4-20(5-3-18)22(27)25-12-10-17(14-23)11-13-25/h2-9,17,24H,10-13,15H2,1H3. The summed E-state index contributed by atoms with van der Waals surface area (Å²) in [5, 5.41) is 8.96. The summed E-state index contributed by atoms with van der Waals surface area (Å²) in [5.74, 6) is -0.192. The smallest absolute Gasteiger partial charge is 0.253 e. The Kier molecular flexibility index (Phi) is 6.65. The first kappa shape index (κ1) is 21.7. The third-order valence-corrected chi connectivity index (χ3v) is 6.62. The van der Waals surface area contributed by atoms with E-state index in [1.807, 2.05) is 0 Å². The van der Waals surface area contributed by atoms with Gasteiger partial charge in [0.1, 0.15) is 0 Å². The molecule has 1 aliphatic heterocycles. The van der Waals surface area contributed by atoms with Crippen molar-refractivity contribution in [2.24, 2.45) is 5.92 Å². The molecule has 0 saturated carbocycles. The summed E-state index contributed by atoms with van der Waals surface area (Å²) >= 11 is 0. The minimum absolute atomic E-state index is 0.0168. The van der Waals surface area contributed by atoms with Gasteiger partial charge in [0.05, 0.1) is 11.0 Å². The number of benzene rings is 2. The second kappa shape index (κ2) is 9.20. The van der Waals surface area contributed by atoms with Crippen molar-refractivity contribution in [2.45, 2.75) is 31.2 Å². The molecule has 0 radical (unpaired) electrons. The van der Waals surface area contributed by atoms with Crippen molar-refractivity contribution < 1.29 is 18.0 Å². The van der Waals surface area contributed by atoms with Gasteiger partial charge in [0.2, 0.25) is 10.0 Å². The van der Waals surface area contributed by atoms with Crippen LogP contribution in [0.25, 0.3) is 0 Å². The van der Waals surface area contributed by atoms with Crippen molar-refractivity contribution in [3.8, 4) is 6.07 Å².